The Hall–Kier alpha value is -5.40. The number of rotatable bonds is 15. The Bertz CT molecular complexity index is 2520. The zero-order valence-corrected chi connectivity index (χ0v) is 39.2. The lowest BCUT2D eigenvalue weighted by molar-refractivity contribution is -0.0222. The highest BCUT2D eigenvalue weighted by Crippen LogP contribution is 2.40. The predicted molar refractivity (Wildman–Crippen MR) is 258 cm³/mol. The molecule has 4 heterocycles. The zero-order valence-electron chi connectivity index (χ0n) is 39.2. The molecule has 12 heteroatoms. The lowest BCUT2D eigenvalue weighted by Gasteiger charge is -2.39. The molecule has 1 atom stereocenters. The quantitative estimate of drug-likeness (QED) is 0.0930. The van der Waals surface area contributed by atoms with Crippen LogP contribution in [0.3, 0.4) is 0 Å². The van der Waals surface area contributed by atoms with E-state index in [9.17, 15) is 0 Å². The van der Waals surface area contributed by atoms with Crippen molar-refractivity contribution >= 4 is 29.2 Å². The van der Waals surface area contributed by atoms with Gasteiger partial charge in [0.15, 0.2) is 0 Å². The van der Waals surface area contributed by atoms with Crippen LogP contribution in [0.15, 0.2) is 109 Å². The van der Waals surface area contributed by atoms with Gasteiger partial charge in [0.05, 0.1) is 46.8 Å². The Labute approximate surface area is 385 Å². The fourth-order valence-corrected chi connectivity index (χ4v) is 9.29. The van der Waals surface area contributed by atoms with Crippen LogP contribution in [0.25, 0.3) is 22.2 Å². The van der Waals surface area contributed by atoms with Gasteiger partial charge in [0.1, 0.15) is 24.7 Å². The van der Waals surface area contributed by atoms with Crippen LogP contribution in [-0.2, 0) is 34.3 Å². The Kier molecular flexibility index (Phi) is 13.2. The molecule has 340 valence electrons. The van der Waals surface area contributed by atoms with E-state index in [2.05, 4.69) is 99.9 Å². The number of hydrogen-bond acceptors (Lipinski definition) is 10. The first-order valence-electron chi connectivity index (χ1n) is 23.5. The van der Waals surface area contributed by atoms with Crippen LogP contribution < -0.4 is 24.6 Å². The first-order chi connectivity index (χ1) is 31.4. The number of ether oxygens (including phenoxy) is 4. The van der Waals surface area contributed by atoms with Crippen molar-refractivity contribution < 1.29 is 28.3 Å². The van der Waals surface area contributed by atoms with Gasteiger partial charge in [0, 0.05) is 50.7 Å². The molecule has 4 aromatic carbocycles. The van der Waals surface area contributed by atoms with Crippen molar-refractivity contribution in [3.05, 3.63) is 126 Å². The van der Waals surface area contributed by atoms with Gasteiger partial charge in [-0.1, -0.05) is 84.9 Å². The molecular weight excluding hydrogens is 813 g/mol. The number of hydrogen-bond donors (Lipinski definition) is 0. The number of aromatic nitrogens is 3. The second-order valence-electron chi connectivity index (χ2n) is 19.0. The van der Waals surface area contributed by atoms with E-state index in [1.165, 1.54) is 5.69 Å². The van der Waals surface area contributed by atoms with E-state index in [0.717, 1.165) is 109 Å². The molecule has 2 aromatic heterocycles. The summed E-state index contributed by atoms with van der Waals surface area (Å²) in [6, 6.07) is 37.3. The molecule has 0 radical (unpaired) electrons. The average Bonchev–Trinajstić information content (AvgIpc) is 3.77. The Morgan fingerprint density at radius 2 is 1.35 bits per heavy atom. The Morgan fingerprint density at radius 1 is 0.723 bits per heavy atom. The zero-order chi connectivity index (χ0) is 45.1. The van der Waals surface area contributed by atoms with Crippen molar-refractivity contribution in [2.75, 3.05) is 37.7 Å². The molecule has 6 aromatic rings. The maximum Gasteiger partial charge on any atom is 0.495 e. The summed E-state index contributed by atoms with van der Waals surface area (Å²) in [5.74, 6) is 1.91. The van der Waals surface area contributed by atoms with Gasteiger partial charge in [0.25, 0.3) is 0 Å². The number of fused-ring (bicyclic) bond motifs is 1. The minimum Gasteiger partial charge on any atom is -0.490 e. The standard InChI is InChI=1S/C53H64BN5O6/c1-37(34-60-41-24-26-42(27-25-41)63-47-23-15-21-45(38(47)2)54-64-52(3,4)53(5,6)65-54)58-30-32-59(33-31-58)46-22-14-20-43-49(56-57(7)50(43)46)44-28-29-48(61-35-39-16-10-8-11-17-39)55-51(44)62-36-40-18-12-9-13-19-40/h8-23,28-29,37,41-42H,24-27,30-36H2,1-7H3/t37-,41?,42?/m0/s1. The Balaban J connectivity index is 0.796. The molecule has 1 aliphatic carbocycles. The molecule has 65 heavy (non-hydrogen) atoms. The molecular formula is C53H64BN5O6. The van der Waals surface area contributed by atoms with Crippen molar-refractivity contribution in [1.29, 1.82) is 0 Å². The second kappa shape index (κ2) is 19.2. The molecule has 11 nitrogen and oxygen atoms in total. The van der Waals surface area contributed by atoms with E-state index >= 15 is 0 Å². The topological polar surface area (TPSA) is 92.6 Å². The lowest BCUT2D eigenvalue weighted by atomic mass is 9.76. The number of benzene rings is 4. The largest absolute Gasteiger partial charge is 0.495 e. The van der Waals surface area contributed by atoms with Crippen molar-refractivity contribution in [2.45, 2.75) is 110 Å². The summed E-state index contributed by atoms with van der Waals surface area (Å²) in [5.41, 5.74) is 7.43. The summed E-state index contributed by atoms with van der Waals surface area (Å²) in [7, 11) is 1.63. The Morgan fingerprint density at radius 3 is 2.03 bits per heavy atom. The van der Waals surface area contributed by atoms with E-state index in [1.807, 2.05) is 72.4 Å². The molecule has 0 amide bonds. The monoisotopic (exact) mass is 877 g/mol. The molecule has 0 unspecified atom stereocenters. The minimum atomic E-state index is -0.402. The number of pyridine rings is 1. The third-order valence-corrected chi connectivity index (χ3v) is 14.0. The van der Waals surface area contributed by atoms with Crippen LogP contribution in [0, 0.1) is 6.92 Å². The van der Waals surface area contributed by atoms with Gasteiger partial charge in [0.2, 0.25) is 11.8 Å². The van der Waals surface area contributed by atoms with Crippen LogP contribution >= 0.6 is 0 Å². The number of aryl methyl sites for hydroxylation is 1. The fourth-order valence-electron chi connectivity index (χ4n) is 9.29. The van der Waals surface area contributed by atoms with E-state index in [1.54, 1.807) is 0 Å². The van der Waals surface area contributed by atoms with Crippen LogP contribution in [0.1, 0.15) is 77.0 Å². The summed E-state index contributed by atoms with van der Waals surface area (Å²) >= 11 is 0. The second-order valence-corrected chi connectivity index (χ2v) is 19.0. The fraction of sp³-hybridized carbons (Fsp3) is 0.434. The smallest absolute Gasteiger partial charge is 0.490 e. The van der Waals surface area contributed by atoms with E-state index in [4.69, 9.17) is 38.3 Å². The normalized spacial score (nSPS) is 20.2. The molecule has 9 rings (SSSR count). The highest BCUT2D eigenvalue weighted by molar-refractivity contribution is 6.62. The molecule has 2 aliphatic heterocycles. The maximum absolute atomic E-state index is 6.62. The summed E-state index contributed by atoms with van der Waals surface area (Å²) in [6.07, 6.45) is 4.38. The number of nitrogens with zero attached hydrogens (tertiary/aromatic N) is 5. The molecule has 3 aliphatic rings. The van der Waals surface area contributed by atoms with E-state index < -0.39 is 7.12 Å². The van der Waals surface area contributed by atoms with Crippen LogP contribution in [0.4, 0.5) is 5.69 Å². The number of piperazine rings is 1. The summed E-state index contributed by atoms with van der Waals surface area (Å²) < 4.78 is 40.5. The van der Waals surface area contributed by atoms with Gasteiger partial charge >= 0.3 is 7.12 Å². The van der Waals surface area contributed by atoms with Gasteiger partial charge in [-0.2, -0.15) is 10.1 Å². The van der Waals surface area contributed by atoms with Crippen LogP contribution in [0.2, 0.25) is 0 Å². The first-order valence-corrected chi connectivity index (χ1v) is 23.5. The average molecular weight is 878 g/mol. The SMILES string of the molecule is Cc1c(OC2CCC(OC[C@H](C)N3CCN(c4cccc5c(-c6ccc(OCc7ccccc7)nc6OCc6ccccc6)nn(C)c45)CC3)CC2)cccc1B1OC(C)(C)C(C)(C)O1. The third kappa shape index (κ3) is 9.92. The van der Waals surface area contributed by atoms with Crippen LogP contribution in [-0.4, -0.2) is 89.0 Å². The van der Waals surface area contributed by atoms with Crippen molar-refractivity contribution in [3.8, 4) is 28.8 Å². The molecule has 0 bridgehead atoms. The van der Waals surface area contributed by atoms with Crippen molar-refractivity contribution in [2.24, 2.45) is 7.05 Å². The molecule has 0 spiro atoms. The van der Waals surface area contributed by atoms with E-state index in [-0.39, 0.29) is 23.4 Å². The third-order valence-electron chi connectivity index (χ3n) is 14.0. The maximum atomic E-state index is 6.62. The number of anilines is 1. The molecule has 2 saturated heterocycles. The first kappa shape index (κ1) is 44.8. The van der Waals surface area contributed by atoms with Gasteiger partial charge in [-0.3, -0.25) is 9.58 Å². The van der Waals surface area contributed by atoms with Gasteiger partial charge in [-0.15, -0.1) is 0 Å². The van der Waals surface area contributed by atoms with Gasteiger partial charge in [-0.25, -0.2) is 0 Å². The minimum absolute atomic E-state index is 0.171. The van der Waals surface area contributed by atoms with Crippen molar-refractivity contribution in [1.82, 2.24) is 19.7 Å². The van der Waals surface area contributed by atoms with Crippen LogP contribution in [0.5, 0.6) is 17.5 Å². The summed E-state index contributed by atoms with van der Waals surface area (Å²) in [6.45, 7) is 18.1. The highest BCUT2D eigenvalue weighted by atomic mass is 16.7. The molecule has 0 N–H and O–H groups in total. The number of para-hydroxylation sites is 1. The van der Waals surface area contributed by atoms with E-state index in [0.29, 0.717) is 31.0 Å². The predicted octanol–water partition coefficient (Wildman–Crippen LogP) is 9.32. The summed E-state index contributed by atoms with van der Waals surface area (Å²) in [4.78, 5) is 9.95. The molecule has 1 saturated carbocycles. The van der Waals surface area contributed by atoms with Gasteiger partial charge in [-0.05, 0) is 108 Å². The van der Waals surface area contributed by atoms with Gasteiger partial charge < -0.3 is 33.2 Å². The molecule has 3 fully saturated rings. The van der Waals surface area contributed by atoms with Crippen molar-refractivity contribution in [3.63, 3.8) is 0 Å². The highest BCUT2D eigenvalue weighted by Gasteiger charge is 2.52. The summed E-state index contributed by atoms with van der Waals surface area (Å²) in [5, 5.41) is 6.17. The lowest BCUT2D eigenvalue weighted by Crippen LogP contribution is -2.51.